The number of nitrogens with zero attached hydrogens (tertiary/aromatic N) is 1. The maximum Gasteiger partial charge on any atom is 0.338 e. The van der Waals surface area contributed by atoms with Crippen LogP contribution in [-0.2, 0) is 24.8 Å². The Labute approximate surface area is 184 Å². The van der Waals surface area contributed by atoms with Crippen molar-refractivity contribution >= 4 is 43.4 Å². The summed E-state index contributed by atoms with van der Waals surface area (Å²) in [5.41, 5.74) is 0.0165. The molecule has 31 heavy (non-hydrogen) atoms. The minimum Gasteiger partial charge on any atom is -0.454 e. The Bertz CT molecular complexity index is 1220. The fourth-order valence-electron chi connectivity index (χ4n) is 3.04. The zero-order chi connectivity index (χ0) is 22.8. The molecule has 1 aliphatic rings. The van der Waals surface area contributed by atoms with Crippen LogP contribution < -0.4 is 5.14 Å². The third-order valence-electron chi connectivity index (χ3n) is 4.69. The minimum absolute atomic E-state index is 0.0830. The molecule has 12 heteroatoms. The zero-order valence-corrected chi connectivity index (χ0v) is 18.5. The molecule has 1 saturated heterocycles. The van der Waals surface area contributed by atoms with Crippen molar-refractivity contribution < 1.29 is 31.2 Å². The molecular formula is C19H19ClN2O7S2. The summed E-state index contributed by atoms with van der Waals surface area (Å²) in [6.45, 7) is 0.318. The molecule has 166 valence electrons. The highest BCUT2D eigenvalue weighted by molar-refractivity contribution is 7.89. The van der Waals surface area contributed by atoms with Crippen molar-refractivity contribution in [2.45, 2.75) is 22.6 Å². The summed E-state index contributed by atoms with van der Waals surface area (Å²) in [5.74, 6) is -1.50. The van der Waals surface area contributed by atoms with E-state index in [4.69, 9.17) is 21.5 Å². The fourth-order valence-corrected chi connectivity index (χ4v) is 5.62. The number of carbonyl (C=O) groups is 2. The average molecular weight is 487 g/mol. The first-order valence-corrected chi connectivity index (χ1v) is 12.5. The van der Waals surface area contributed by atoms with Gasteiger partial charge in [0.15, 0.2) is 12.4 Å². The molecule has 2 aromatic carbocycles. The summed E-state index contributed by atoms with van der Waals surface area (Å²) in [6.07, 6.45) is 1.63. The summed E-state index contributed by atoms with van der Waals surface area (Å²) in [5, 5.41) is 4.89. The molecule has 0 amide bonds. The molecule has 0 aromatic heterocycles. The average Bonchev–Trinajstić information content (AvgIpc) is 3.27. The topological polar surface area (TPSA) is 141 Å². The highest BCUT2D eigenvalue weighted by atomic mass is 35.5. The molecule has 9 nitrogen and oxygen atoms in total. The number of hydrogen-bond acceptors (Lipinski definition) is 7. The normalized spacial score (nSPS) is 15.0. The Morgan fingerprint density at radius 3 is 2.13 bits per heavy atom. The van der Waals surface area contributed by atoms with Crippen LogP contribution in [0.4, 0.5) is 0 Å². The highest BCUT2D eigenvalue weighted by Crippen LogP contribution is 2.23. The second kappa shape index (κ2) is 9.05. The van der Waals surface area contributed by atoms with E-state index < -0.39 is 43.3 Å². The van der Waals surface area contributed by atoms with Gasteiger partial charge in [-0.25, -0.2) is 26.8 Å². The molecule has 0 saturated carbocycles. The van der Waals surface area contributed by atoms with Gasteiger partial charge in [-0.15, -0.1) is 0 Å². The molecule has 0 spiro atoms. The van der Waals surface area contributed by atoms with E-state index in [1.807, 2.05) is 0 Å². The quantitative estimate of drug-likeness (QED) is 0.464. The number of esters is 1. The number of hydrogen-bond donors (Lipinski definition) is 1. The number of ketones is 1. The largest absolute Gasteiger partial charge is 0.454 e. The van der Waals surface area contributed by atoms with E-state index in [1.54, 1.807) is 0 Å². The van der Waals surface area contributed by atoms with Gasteiger partial charge < -0.3 is 4.74 Å². The van der Waals surface area contributed by atoms with Crippen LogP contribution in [0.25, 0.3) is 0 Å². The van der Waals surface area contributed by atoms with Crippen molar-refractivity contribution in [2.24, 2.45) is 5.14 Å². The predicted molar refractivity (Wildman–Crippen MR) is 112 cm³/mol. The van der Waals surface area contributed by atoms with E-state index in [0.717, 1.165) is 18.9 Å². The maximum absolute atomic E-state index is 12.5. The van der Waals surface area contributed by atoms with Crippen LogP contribution in [0.15, 0.2) is 52.3 Å². The first-order valence-electron chi connectivity index (χ1n) is 9.13. The Morgan fingerprint density at radius 1 is 0.968 bits per heavy atom. The lowest BCUT2D eigenvalue weighted by Crippen LogP contribution is -2.27. The molecule has 1 fully saturated rings. The second-order valence-corrected chi connectivity index (χ2v) is 10.7. The number of rotatable bonds is 7. The summed E-state index contributed by atoms with van der Waals surface area (Å²) in [6, 6.07) is 8.74. The van der Waals surface area contributed by atoms with E-state index in [0.29, 0.717) is 13.1 Å². The first-order chi connectivity index (χ1) is 14.5. The third kappa shape index (κ3) is 5.31. The van der Waals surface area contributed by atoms with Crippen LogP contribution in [0.1, 0.15) is 33.6 Å². The number of Topliss-reactive ketones (excluding diaryl/α,β-unsaturated/α-hetero) is 1. The molecule has 1 heterocycles. The maximum atomic E-state index is 12.5. The summed E-state index contributed by atoms with van der Waals surface area (Å²) in [7, 11) is -7.74. The van der Waals surface area contributed by atoms with Crippen LogP contribution in [0, 0.1) is 0 Å². The molecule has 0 atom stereocenters. The van der Waals surface area contributed by atoms with Gasteiger partial charge in [-0.2, -0.15) is 4.31 Å². The molecule has 3 rings (SSSR count). The number of halogens is 1. The van der Waals surface area contributed by atoms with E-state index in [2.05, 4.69) is 0 Å². The van der Waals surface area contributed by atoms with Gasteiger partial charge in [-0.1, -0.05) is 11.6 Å². The molecule has 1 aliphatic heterocycles. The van der Waals surface area contributed by atoms with E-state index in [1.165, 1.54) is 40.7 Å². The number of ether oxygens (including phenoxy) is 1. The van der Waals surface area contributed by atoms with Gasteiger partial charge in [0.05, 0.1) is 15.5 Å². The number of benzene rings is 2. The summed E-state index contributed by atoms with van der Waals surface area (Å²) in [4.78, 5) is 24.1. The Hall–Kier alpha value is -2.31. The van der Waals surface area contributed by atoms with Crippen molar-refractivity contribution in [3.8, 4) is 0 Å². The predicted octanol–water partition coefficient (Wildman–Crippen LogP) is 1.81. The number of carbonyl (C=O) groups excluding carboxylic acids is 2. The lowest BCUT2D eigenvalue weighted by atomic mass is 10.1. The molecular weight excluding hydrogens is 468 g/mol. The van der Waals surface area contributed by atoms with Crippen LogP contribution >= 0.6 is 11.6 Å². The van der Waals surface area contributed by atoms with E-state index in [9.17, 15) is 26.4 Å². The van der Waals surface area contributed by atoms with Gasteiger partial charge in [0, 0.05) is 18.7 Å². The van der Waals surface area contributed by atoms with Gasteiger partial charge in [0.1, 0.15) is 4.90 Å². The molecule has 0 radical (unpaired) electrons. The van der Waals surface area contributed by atoms with E-state index >= 15 is 0 Å². The smallest absolute Gasteiger partial charge is 0.338 e. The number of sulfonamides is 2. The lowest BCUT2D eigenvalue weighted by molar-refractivity contribution is 0.0474. The Kier molecular flexibility index (Phi) is 6.82. The Balaban J connectivity index is 1.66. The fraction of sp³-hybridized carbons (Fsp3) is 0.263. The Morgan fingerprint density at radius 2 is 1.55 bits per heavy atom. The summed E-state index contributed by atoms with van der Waals surface area (Å²) < 4.78 is 54.4. The molecule has 0 unspecified atom stereocenters. The van der Waals surface area contributed by atoms with Crippen LogP contribution in [0.5, 0.6) is 0 Å². The van der Waals surface area contributed by atoms with Crippen molar-refractivity contribution in [3.63, 3.8) is 0 Å². The SMILES string of the molecule is NS(=O)(=O)c1cc(C(=O)OCC(=O)c2ccc(S(=O)(=O)N3CCCC3)cc2)ccc1Cl. The van der Waals surface area contributed by atoms with Crippen LogP contribution in [0.2, 0.25) is 5.02 Å². The second-order valence-electron chi connectivity index (χ2n) is 6.83. The summed E-state index contributed by atoms with van der Waals surface area (Å²) >= 11 is 5.77. The van der Waals surface area contributed by atoms with Crippen LogP contribution in [0.3, 0.4) is 0 Å². The van der Waals surface area contributed by atoms with Crippen molar-refractivity contribution in [3.05, 3.63) is 58.6 Å². The molecule has 2 aromatic rings. The third-order valence-corrected chi connectivity index (χ3v) is 7.99. The molecule has 0 aliphatic carbocycles. The standard InChI is InChI=1S/C19H19ClN2O7S2/c20-16-8-5-14(11-18(16)30(21,25)26)19(24)29-12-17(23)13-3-6-15(7-4-13)31(27,28)22-9-1-2-10-22/h3-8,11H,1-2,9-10,12H2,(H2,21,25,26). The minimum atomic E-state index is -4.15. The molecule has 0 bridgehead atoms. The first kappa shape index (κ1) is 23.4. The number of primary sulfonamides is 1. The van der Waals surface area contributed by atoms with Crippen molar-refractivity contribution in [2.75, 3.05) is 19.7 Å². The van der Waals surface area contributed by atoms with Crippen LogP contribution in [-0.4, -0.2) is 52.6 Å². The van der Waals surface area contributed by atoms with Gasteiger partial charge in [0.2, 0.25) is 20.0 Å². The zero-order valence-electron chi connectivity index (χ0n) is 16.2. The highest BCUT2D eigenvalue weighted by Gasteiger charge is 2.27. The van der Waals surface area contributed by atoms with E-state index in [-0.39, 0.29) is 21.0 Å². The van der Waals surface area contributed by atoms with Gasteiger partial charge >= 0.3 is 5.97 Å². The van der Waals surface area contributed by atoms with Gasteiger partial charge in [0.25, 0.3) is 0 Å². The lowest BCUT2D eigenvalue weighted by Gasteiger charge is -2.15. The van der Waals surface area contributed by atoms with Crippen molar-refractivity contribution in [1.82, 2.24) is 4.31 Å². The van der Waals surface area contributed by atoms with Crippen molar-refractivity contribution in [1.29, 1.82) is 0 Å². The van der Waals surface area contributed by atoms with Gasteiger partial charge in [-0.05, 0) is 55.3 Å². The molecule has 2 N–H and O–H groups in total. The monoisotopic (exact) mass is 486 g/mol. The number of nitrogens with two attached hydrogens (primary N) is 1. The van der Waals surface area contributed by atoms with Gasteiger partial charge in [-0.3, -0.25) is 4.79 Å².